The van der Waals surface area contributed by atoms with E-state index in [9.17, 15) is 30.3 Å². The lowest BCUT2D eigenvalue weighted by atomic mass is 10.3. The van der Waals surface area contributed by atoms with Crippen LogP contribution in [0.15, 0.2) is 87.5 Å². The molecule has 0 saturated carbocycles. The van der Waals surface area contributed by atoms with Crippen LogP contribution < -0.4 is 0 Å². The average Bonchev–Trinajstić information content (AvgIpc) is 2.70. The van der Waals surface area contributed by atoms with Gasteiger partial charge in [-0.2, -0.15) is 0 Å². The molecule has 0 atom stereocenters. The highest BCUT2D eigenvalue weighted by Crippen LogP contribution is 2.15. The maximum Gasteiger partial charge on any atom is 0.269 e. The van der Waals surface area contributed by atoms with E-state index >= 15 is 0 Å². The van der Waals surface area contributed by atoms with E-state index in [1.165, 1.54) is 36.4 Å². The number of non-ortho nitro benzene ring substituents is 3. The van der Waals surface area contributed by atoms with Crippen molar-refractivity contribution in [3.8, 4) is 0 Å². The zero-order valence-electron chi connectivity index (χ0n) is 16.3. The molecule has 33 heavy (non-hydrogen) atoms. The van der Waals surface area contributed by atoms with Crippen LogP contribution in [-0.2, 0) is 0 Å². The van der Waals surface area contributed by atoms with Crippen molar-refractivity contribution >= 4 is 54.9 Å². The number of hydrogen-bond acceptors (Lipinski definition) is 9. The molecule has 3 aromatic rings. The van der Waals surface area contributed by atoms with Crippen LogP contribution in [0.4, 0.5) is 31.2 Å². The van der Waals surface area contributed by atoms with Gasteiger partial charge in [0.1, 0.15) is 0 Å². The first-order chi connectivity index (χ1) is 14.1. The van der Waals surface area contributed by atoms with Gasteiger partial charge in [0.05, 0.1) is 14.8 Å². The lowest BCUT2D eigenvalue weighted by molar-refractivity contribution is -0.385. The second-order valence-corrected chi connectivity index (χ2v) is 6.87. The summed E-state index contributed by atoms with van der Waals surface area (Å²) in [5, 5.41) is 30.3. The fourth-order valence-corrected chi connectivity index (χ4v) is 2.17. The molecule has 0 radical (unpaired) electrons. The minimum absolute atomic E-state index is 0. The summed E-state index contributed by atoms with van der Waals surface area (Å²) in [6, 6.07) is 18.0. The Morgan fingerprint density at radius 3 is 0.697 bits per heavy atom. The molecule has 3 rings (SSSR count). The van der Waals surface area contributed by atoms with Crippen molar-refractivity contribution in [2.24, 2.45) is 0 Å². The topological polar surface area (TPSA) is 129 Å². The van der Waals surface area contributed by atoms with Crippen molar-refractivity contribution in [3.05, 3.63) is 103 Å². The van der Waals surface area contributed by atoms with E-state index in [-0.39, 0.29) is 31.2 Å². The highest BCUT2D eigenvalue weighted by atomic mass is 32.1. The van der Waals surface area contributed by atoms with Crippen LogP contribution in [0.2, 0.25) is 0 Å². The predicted octanol–water partition coefficient (Wildman–Crippen LogP) is 6.11. The maximum absolute atomic E-state index is 10.1. The van der Waals surface area contributed by atoms with Gasteiger partial charge >= 0.3 is 0 Å². The van der Waals surface area contributed by atoms with Gasteiger partial charge in [-0.3, -0.25) is 44.5 Å². The van der Waals surface area contributed by atoms with Crippen LogP contribution in [0.25, 0.3) is 0 Å². The summed E-state index contributed by atoms with van der Waals surface area (Å²) < 4.78 is 0. The Hall–Kier alpha value is -3.30. The van der Waals surface area contributed by atoms with Gasteiger partial charge in [0, 0.05) is 51.1 Å². The molecule has 0 spiro atoms. The summed E-state index contributed by atoms with van der Waals surface area (Å²) in [4.78, 5) is 31.1. The quantitative estimate of drug-likeness (QED) is 0.215. The van der Waals surface area contributed by atoms with E-state index in [2.05, 4.69) is 37.9 Å². The summed E-state index contributed by atoms with van der Waals surface area (Å²) in [6.45, 7) is 0. The summed E-state index contributed by atoms with van der Waals surface area (Å²) in [7, 11) is 0. The third-order valence-electron chi connectivity index (χ3n) is 3.18. The Morgan fingerprint density at radius 2 is 0.576 bits per heavy atom. The van der Waals surface area contributed by atoms with Gasteiger partial charge < -0.3 is 0 Å². The molecule has 0 aromatic heterocycles. The van der Waals surface area contributed by atoms with Gasteiger partial charge in [-0.25, -0.2) is 0 Å². The van der Waals surface area contributed by atoms with Crippen LogP contribution in [0.1, 0.15) is 0 Å². The molecule has 180 valence electrons. The molecule has 0 bridgehead atoms. The van der Waals surface area contributed by atoms with E-state index in [0.717, 1.165) is 14.7 Å². The maximum atomic E-state index is 10.1. The first-order valence-corrected chi connectivity index (χ1v) is 9.24. The molecule has 0 aliphatic rings. The fraction of sp³-hybridized carbons (Fsp3) is 0. The molecular weight excluding hydrogens is 507 g/mol. The Kier molecular flexibility index (Phi) is 18.0. The van der Waals surface area contributed by atoms with Gasteiger partial charge in [0.15, 0.2) is 0 Å². The van der Waals surface area contributed by atoms with Crippen molar-refractivity contribution < 1.29 is 28.9 Å². The molecule has 0 aliphatic carbocycles. The number of halogens is 3. The number of nitrogens with zero attached hydrogens (tertiary/aromatic N) is 3. The lowest BCUT2D eigenvalue weighted by Crippen LogP contribution is -1.85. The molecule has 0 aliphatic heterocycles. The molecule has 15 heteroatoms. The average molecular weight is 526 g/mol. The van der Waals surface area contributed by atoms with Crippen LogP contribution in [-0.4, -0.2) is 14.8 Å². The van der Waals surface area contributed by atoms with E-state index in [1.807, 2.05) is 0 Å². The summed E-state index contributed by atoms with van der Waals surface area (Å²) in [5.74, 6) is 0. The monoisotopic (exact) mass is 525 g/mol. The number of rotatable bonds is 3. The SMILES string of the molecule is F.F.F.O=[N+]([O-])c1ccc(S)cc1.O=[N+]([O-])c1ccc(S)cc1.O=[N+]([O-])c1ccc(S)cc1. The minimum Gasteiger partial charge on any atom is -0.269 e. The molecular formula is C18H18F3N3O6S3. The molecule has 0 unspecified atom stereocenters. The number of nitro groups is 3. The highest BCUT2D eigenvalue weighted by Gasteiger charge is 2.02. The Labute approximate surface area is 201 Å². The first kappa shape index (κ1) is 34.3. The van der Waals surface area contributed by atoms with Crippen molar-refractivity contribution in [3.63, 3.8) is 0 Å². The lowest BCUT2D eigenvalue weighted by Gasteiger charge is -1.89. The van der Waals surface area contributed by atoms with Crippen LogP contribution in [0.5, 0.6) is 0 Å². The normalized spacial score (nSPS) is 8.45. The minimum atomic E-state index is -0.437. The van der Waals surface area contributed by atoms with Crippen molar-refractivity contribution in [2.75, 3.05) is 0 Å². The number of thiol groups is 3. The molecule has 0 heterocycles. The summed E-state index contributed by atoms with van der Waals surface area (Å²) in [6.07, 6.45) is 0. The summed E-state index contributed by atoms with van der Waals surface area (Å²) in [5.41, 5.74) is 0.286. The van der Waals surface area contributed by atoms with E-state index in [4.69, 9.17) is 0 Å². The van der Waals surface area contributed by atoms with E-state index < -0.39 is 14.8 Å². The predicted molar refractivity (Wildman–Crippen MR) is 129 cm³/mol. The molecule has 0 fully saturated rings. The van der Waals surface area contributed by atoms with Crippen molar-refractivity contribution in [1.29, 1.82) is 0 Å². The van der Waals surface area contributed by atoms with Crippen LogP contribution in [0.3, 0.4) is 0 Å². The Balaban J connectivity index is -0.000000391. The largest absolute Gasteiger partial charge is 0.269 e. The Bertz CT molecular complexity index is 880. The van der Waals surface area contributed by atoms with Gasteiger partial charge in [0.25, 0.3) is 17.1 Å². The van der Waals surface area contributed by atoms with Gasteiger partial charge in [-0.15, -0.1) is 37.9 Å². The van der Waals surface area contributed by atoms with Gasteiger partial charge in [-0.05, 0) is 36.4 Å². The second kappa shape index (κ2) is 17.3. The van der Waals surface area contributed by atoms with Crippen molar-refractivity contribution in [1.82, 2.24) is 0 Å². The second-order valence-electron chi connectivity index (χ2n) is 5.32. The molecule has 9 nitrogen and oxygen atoms in total. The number of hydrogen-bond donors (Lipinski definition) is 3. The smallest absolute Gasteiger partial charge is 0.269 e. The van der Waals surface area contributed by atoms with E-state index in [1.54, 1.807) is 36.4 Å². The standard InChI is InChI=1S/3C6H5NO2S.3FH/c3*8-7(9)5-1-3-6(10)4-2-5;;;/h3*1-4,10H;3*1H. The Morgan fingerprint density at radius 1 is 0.424 bits per heavy atom. The molecule has 3 aromatic carbocycles. The van der Waals surface area contributed by atoms with Gasteiger partial charge in [0.2, 0.25) is 0 Å². The number of nitro benzene ring substituents is 3. The molecule has 0 saturated heterocycles. The summed E-state index contributed by atoms with van der Waals surface area (Å²) >= 11 is 11.9. The zero-order valence-corrected chi connectivity index (χ0v) is 19.0. The van der Waals surface area contributed by atoms with Crippen molar-refractivity contribution in [2.45, 2.75) is 14.7 Å². The fourth-order valence-electron chi connectivity index (χ4n) is 1.72. The van der Waals surface area contributed by atoms with Crippen LogP contribution >= 0.6 is 37.9 Å². The van der Waals surface area contributed by atoms with Crippen LogP contribution in [0, 0.1) is 30.3 Å². The first-order valence-electron chi connectivity index (χ1n) is 7.90. The zero-order chi connectivity index (χ0) is 22.7. The number of benzene rings is 3. The third kappa shape index (κ3) is 13.7. The highest BCUT2D eigenvalue weighted by molar-refractivity contribution is 7.80. The third-order valence-corrected chi connectivity index (χ3v) is 4.08. The van der Waals surface area contributed by atoms with Gasteiger partial charge in [-0.1, -0.05) is 0 Å². The molecule has 0 N–H and O–H groups in total. The molecule has 0 amide bonds. The van der Waals surface area contributed by atoms with E-state index in [0.29, 0.717) is 0 Å².